The van der Waals surface area contributed by atoms with Crippen molar-refractivity contribution in [2.45, 2.75) is 19.3 Å². The van der Waals surface area contributed by atoms with E-state index in [1.54, 1.807) is 0 Å². The maximum absolute atomic E-state index is 5.87. The molecule has 0 saturated heterocycles. The molecule has 0 unspecified atom stereocenters. The zero-order chi connectivity index (χ0) is 15.7. The lowest BCUT2D eigenvalue weighted by Gasteiger charge is -2.14. The molecule has 0 amide bonds. The minimum Gasteiger partial charge on any atom is -0.488 e. The van der Waals surface area contributed by atoms with Gasteiger partial charge in [0, 0.05) is 13.1 Å². The molecule has 1 heterocycles. The molecule has 4 heteroatoms. The third-order valence-corrected chi connectivity index (χ3v) is 3.86. The first-order valence-electron chi connectivity index (χ1n) is 8.35. The van der Waals surface area contributed by atoms with Crippen LogP contribution in [0, 0.1) is 0 Å². The monoisotopic (exact) mass is 312 g/mol. The van der Waals surface area contributed by atoms with E-state index in [1.165, 1.54) is 6.42 Å². The predicted molar refractivity (Wildman–Crippen MR) is 94.7 cm³/mol. The lowest BCUT2D eigenvalue weighted by molar-refractivity contribution is 0.218. The molecular weight excluding hydrogens is 288 g/mol. The van der Waals surface area contributed by atoms with Crippen LogP contribution in [0.25, 0.3) is 0 Å². The fraction of sp³-hybridized carbons (Fsp3) is 0.368. The largest absolute Gasteiger partial charge is 0.488 e. The molecule has 1 aliphatic rings. The van der Waals surface area contributed by atoms with Gasteiger partial charge in [-0.15, -0.1) is 0 Å². The highest BCUT2D eigenvalue weighted by Crippen LogP contribution is 2.26. The third kappa shape index (κ3) is 4.55. The first kappa shape index (κ1) is 15.5. The van der Waals surface area contributed by atoms with Gasteiger partial charge in [-0.05, 0) is 43.5 Å². The zero-order valence-electron chi connectivity index (χ0n) is 13.4. The molecule has 0 aliphatic carbocycles. The van der Waals surface area contributed by atoms with Gasteiger partial charge in [0.1, 0.15) is 24.7 Å². The molecule has 2 aromatic rings. The number of benzene rings is 2. The molecule has 2 N–H and O–H groups in total. The van der Waals surface area contributed by atoms with Crippen molar-refractivity contribution in [3.8, 4) is 11.5 Å². The number of para-hydroxylation sites is 4. The molecular formula is C19H24N2O2. The van der Waals surface area contributed by atoms with Gasteiger partial charge in [0.05, 0.1) is 11.4 Å². The summed E-state index contributed by atoms with van der Waals surface area (Å²) in [5.41, 5.74) is 2.11. The van der Waals surface area contributed by atoms with Crippen LogP contribution in [0.2, 0.25) is 0 Å². The lowest BCUT2D eigenvalue weighted by Crippen LogP contribution is -2.11. The van der Waals surface area contributed by atoms with E-state index in [4.69, 9.17) is 9.47 Å². The van der Waals surface area contributed by atoms with Crippen molar-refractivity contribution in [2.75, 3.05) is 36.9 Å². The maximum Gasteiger partial charge on any atom is 0.142 e. The quantitative estimate of drug-likeness (QED) is 0.767. The summed E-state index contributed by atoms with van der Waals surface area (Å²) in [5.74, 6) is 1.77. The first-order chi connectivity index (χ1) is 11.4. The Morgan fingerprint density at radius 1 is 0.609 bits per heavy atom. The lowest BCUT2D eigenvalue weighted by atomic mass is 10.2. The van der Waals surface area contributed by atoms with E-state index in [1.807, 2.05) is 36.4 Å². The molecule has 0 spiro atoms. The Kier molecular flexibility index (Phi) is 5.62. The van der Waals surface area contributed by atoms with E-state index in [0.717, 1.165) is 48.8 Å². The van der Waals surface area contributed by atoms with Crippen LogP contribution in [0.4, 0.5) is 11.4 Å². The van der Waals surface area contributed by atoms with Crippen molar-refractivity contribution < 1.29 is 9.47 Å². The molecule has 0 atom stereocenters. The van der Waals surface area contributed by atoms with Gasteiger partial charge in [0.15, 0.2) is 0 Å². The smallest absolute Gasteiger partial charge is 0.142 e. The molecule has 1 aliphatic heterocycles. The highest BCUT2D eigenvalue weighted by atomic mass is 16.5. The molecule has 2 aromatic carbocycles. The number of fused-ring (bicyclic) bond motifs is 2. The van der Waals surface area contributed by atoms with Gasteiger partial charge >= 0.3 is 0 Å². The van der Waals surface area contributed by atoms with E-state index in [0.29, 0.717) is 13.2 Å². The summed E-state index contributed by atoms with van der Waals surface area (Å²) in [6.07, 6.45) is 3.48. The highest BCUT2D eigenvalue weighted by molar-refractivity contribution is 5.57. The molecule has 0 saturated carbocycles. The molecule has 0 aromatic heterocycles. The second kappa shape index (κ2) is 8.32. The van der Waals surface area contributed by atoms with Crippen LogP contribution in [-0.4, -0.2) is 26.3 Å². The van der Waals surface area contributed by atoms with Gasteiger partial charge in [-0.3, -0.25) is 0 Å². The Labute approximate surface area is 137 Å². The summed E-state index contributed by atoms with van der Waals surface area (Å²) >= 11 is 0. The topological polar surface area (TPSA) is 42.5 Å². The summed E-state index contributed by atoms with van der Waals surface area (Å²) in [6.45, 7) is 2.97. The Hall–Kier alpha value is -2.36. The number of hydrogen-bond donors (Lipinski definition) is 2. The van der Waals surface area contributed by atoms with Crippen molar-refractivity contribution >= 4 is 11.4 Å². The molecule has 0 fully saturated rings. The van der Waals surface area contributed by atoms with Crippen LogP contribution < -0.4 is 20.1 Å². The maximum atomic E-state index is 5.87. The average Bonchev–Trinajstić information content (AvgIpc) is 2.60. The van der Waals surface area contributed by atoms with Gasteiger partial charge < -0.3 is 20.1 Å². The Morgan fingerprint density at radius 3 is 1.61 bits per heavy atom. The minimum atomic E-state index is 0.521. The third-order valence-electron chi connectivity index (χ3n) is 3.86. The normalized spacial score (nSPS) is 16.0. The number of nitrogens with one attached hydrogen (secondary N) is 2. The summed E-state index contributed by atoms with van der Waals surface area (Å²) in [5, 5.41) is 6.93. The number of ether oxygens (including phenoxy) is 2. The summed E-state index contributed by atoms with van der Waals surface area (Å²) in [7, 11) is 0. The van der Waals surface area contributed by atoms with E-state index < -0.39 is 0 Å². The number of hydrogen-bond acceptors (Lipinski definition) is 4. The molecule has 23 heavy (non-hydrogen) atoms. The molecule has 3 rings (SSSR count). The van der Waals surface area contributed by atoms with E-state index in [9.17, 15) is 0 Å². The molecule has 0 bridgehead atoms. The standard InChI is InChI=1S/C19H24N2O2/c1-6-12-20-16-8-2-4-10-18(16)22-14-15-23-19-11-5-3-9-17(19)21-13-7-1/h2-5,8-11,20-21H,1,6-7,12-15H2. The fourth-order valence-corrected chi connectivity index (χ4v) is 2.65. The van der Waals surface area contributed by atoms with Gasteiger partial charge in [0.2, 0.25) is 0 Å². The van der Waals surface area contributed by atoms with E-state index in [-0.39, 0.29) is 0 Å². The van der Waals surface area contributed by atoms with Crippen LogP contribution in [0.1, 0.15) is 19.3 Å². The second-order valence-corrected chi connectivity index (χ2v) is 5.60. The molecule has 4 nitrogen and oxygen atoms in total. The fourth-order valence-electron chi connectivity index (χ4n) is 2.65. The van der Waals surface area contributed by atoms with Gasteiger partial charge in [-0.2, -0.15) is 0 Å². The zero-order valence-corrected chi connectivity index (χ0v) is 13.4. The van der Waals surface area contributed by atoms with Crippen molar-refractivity contribution in [1.82, 2.24) is 0 Å². The highest BCUT2D eigenvalue weighted by Gasteiger charge is 2.05. The number of anilines is 2. The summed E-state index contributed by atoms with van der Waals surface area (Å²) in [6, 6.07) is 16.2. The van der Waals surface area contributed by atoms with Crippen LogP contribution in [0.5, 0.6) is 11.5 Å². The Morgan fingerprint density at radius 2 is 1.09 bits per heavy atom. The van der Waals surface area contributed by atoms with Crippen LogP contribution in [-0.2, 0) is 0 Å². The summed E-state index contributed by atoms with van der Waals surface area (Å²) in [4.78, 5) is 0. The molecule has 122 valence electrons. The van der Waals surface area contributed by atoms with Crippen molar-refractivity contribution in [3.05, 3.63) is 48.5 Å². The second-order valence-electron chi connectivity index (χ2n) is 5.60. The van der Waals surface area contributed by atoms with Crippen molar-refractivity contribution in [1.29, 1.82) is 0 Å². The SMILES string of the molecule is c1ccc2c(c1)NCCCCCNc1ccccc1OCCO2. The van der Waals surface area contributed by atoms with Crippen molar-refractivity contribution in [3.63, 3.8) is 0 Å². The molecule has 0 radical (unpaired) electrons. The van der Waals surface area contributed by atoms with E-state index in [2.05, 4.69) is 22.8 Å². The number of rotatable bonds is 0. The van der Waals surface area contributed by atoms with Crippen LogP contribution in [0.3, 0.4) is 0 Å². The predicted octanol–water partition coefficient (Wildman–Crippen LogP) is 4.15. The minimum absolute atomic E-state index is 0.521. The van der Waals surface area contributed by atoms with Crippen molar-refractivity contribution in [2.24, 2.45) is 0 Å². The van der Waals surface area contributed by atoms with Gasteiger partial charge in [-0.25, -0.2) is 0 Å². The average molecular weight is 312 g/mol. The van der Waals surface area contributed by atoms with Crippen LogP contribution in [0.15, 0.2) is 48.5 Å². The van der Waals surface area contributed by atoms with Crippen LogP contribution >= 0.6 is 0 Å². The first-order valence-corrected chi connectivity index (χ1v) is 8.35. The van der Waals surface area contributed by atoms with Gasteiger partial charge in [0.25, 0.3) is 0 Å². The van der Waals surface area contributed by atoms with Gasteiger partial charge in [-0.1, -0.05) is 24.3 Å². The summed E-state index contributed by atoms with van der Waals surface area (Å²) < 4.78 is 11.7. The Bertz CT molecular complexity index is 562. The Balaban J connectivity index is 1.68. The van der Waals surface area contributed by atoms with E-state index >= 15 is 0 Å².